The van der Waals surface area contributed by atoms with Crippen molar-refractivity contribution in [1.29, 1.82) is 0 Å². The lowest BCUT2D eigenvalue weighted by Crippen LogP contribution is -2.46. The zero-order valence-electron chi connectivity index (χ0n) is 12.6. The number of carbonyl (C=O) groups is 2. The third-order valence-corrected chi connectivity index (χ3v) is 3.72. The summed E-state index contributed by atoms with van der Waals surface area (Å²) in [5, 5.41) is 5.52. The molecule has 1 fully saturated rings. The molecule has 0 saturated carbocycles. The van der Waals surface area contributed by atoms with Crippen LogP contribution in [0.25, 0.3) is 0 Å². The van der Waals surface area contributed by atoms with E-state index in [9.17, 15) is 9.59 Å². The molecular formula is C16H22N2O3. The molecule has 0 bridgehead atoms. The van der Waals surface area contributed by atoms with Crippen LogP contribution in [-0.4, -0.2) is 31.0 Å². The molecule has 2 amide bonds. The molecule has 2 N–H and O–H groups in total. The van der Waals surface area contributed by atoms with E-state index >= 15 is 0 Å². The lowest BCUT2D eigenvalue weighted by atomic mass is 10.1. The number of hydrogen-bond acceptors (Lipinski definition) is 3. The van der Waals surface area contributed by atoms with Gasteiger partial charge in [0.05, 0.1) is 0 Å². The second kappa shape index (κ2) is 7.11. The Labute approximate surface area is 125 Å². The molecule has 0 unspecified atom stereocenters. The van der Waals surface area contributed by atoms with Crippen LogP contribution in [0.3, 0.4) is 0 Å². The molecule has 0 aliphatic carbocycles. The molecule has 1 aliphatic heterocycles. The Morgan fingerprint density at radius 1 is 1.33 bits per heavy atom. The minimum Gasteiger partial charge on any atom is -0.484 e. The van der Waals surface area contributed by atoms with Crippen LogP contribution >= 0.6 is 0 Å². The van der Waals surface area contributed by atoms with Crippen LogP contribution in [0.4, 0.5) is 0 Å². The van der Waals surface area contributed by atoms with Gasteiger partial charge in [-0.1, -0.05) is 6.07 Å². The summed E-state index contributed by atoms with van der Waals surface area (Å²) in [6, 6.07) is 5.26. The van der Waals surface area contributed by atoms with E-state index in [1.54, 1.807) is 0 Å². The molecule has 1 aromatic rings. The maximum atomic E-state index is 11.9. The number of carbonyl (C=O) groups excluding carboxylic acids is 2. The van der Waals surface area contributed by atoms with Crippen LogP contribution in [0, 0.1) is 13.8 Å². The fourth-order valence-electron chi connectivity index (χ4n) is 2.27. The molecule has 2 rings (SSSR count). The van der Waals surface area contributed by atoms with E-state index in [0.29, 0.717) is 18.7 Å². The first kappa shape index (κ1) is 15.4. The molecule has 21 heavy (non-hydrogen) atoms. The van der Waals surface area contributed by atoms with Crippen LogP contribution in [0.2, 0.25) is 0 Å². The summed E-state index contributed by atoms with van der Waals surface area (Å²) in [6.45, 7) is 4.63. The molecule has 0 aromatic heterocycles. The van der Waals surface area contributed by atoms with Gasteiger partial charge in [-0.05, 0) is 56.4 Å². The SMILES string of the molecule is Cc1ccc(OCC(=O)N[C@@H]2CCCCNC2=O)cc1C. The molecular weight excluding hydrogens is 268 g/mol. The molecule has 5 heteroatoms. The zero-order valence-corrected chi connectivity index (χ0v) is 12.6. The van der Waals surface area contributed by atoms with Gasteiger partial charge in [0.1, 0.15) is 11.8 Å². The number of amides is 2. The van der Waals surface area contributed by atoms with Crippen LogP contribution in [0.1, 0.15) is 30.4 Å². The minimum absolute atomic E-state index is 0.0771. The quantitative estimate of drug-likeness (QED) is 0.882. The Kier molecular flexibility index (Phi) is 5.20. The van der Waals surface area contributed by atoms with Gasteiger partial charge >= 0.3 is 0 Å². The predicted octanol–water partition coefficient (Wildman–Crippen LogP) is 1.47. The standard InChI is InChI=1S/C16H22N2O3/c1-11-6-7-13(9-12(11)2)21-10-15(19)18-14-5-3-4-8-17-16(14)20/h6-7,9,14H,3-5,8,10H2,1-2H3,(H,17,20)(H,18,19)/t14-/m1/s1. The smallest absolute Gasteiger partial charge is 0.258 e. The third kappa shape index (κ3) is 4.48. The van der Waals surface area contributed by atoms with Crippen molar-refractivity contribution >= 4 is 11.8 Å². The average Bonchev–Trinajstić information content (AvgIpc) is 2.65. The molecule has 1 aliphatic rings. The highest BCUT2D eigenvalue weighted by atomic mass is 16.5. The highest BCUT2D eigenvalue weighted by molar-refractivity contribution is 5.88. The summed E-state index contributed by atoms with van der Waals surface area (Å²) >= 11 is 0. The van der Waals surface area contributed by atoms with Gasteiger partial charge in [0.25, 0.3) is 5.91 Å². The first-order valence-electron chi connectivity index (χ1n) is 7.33. The molecule has 5 nitrogen and oxygen atoms in total. The van der Waals surface area contributed by atoms with Crippen molar-refractivity contribution in [3.63, 3.8) is 0 Å². The van der Waals surface area contributed by atoms with Crippen molar-refractivity contribution in [3.05, 3.63) is 29.3 Å². The highest BCUT2D eigenvalue weighted by Gasteiger charge is 2.22. The number of ether oxygens (including phenoxy) is 1. The summed E-state index contributed by atoms with van der Waals surface area (Å²) in [5.74, 6) is 0.292. The van der Waals surface area contributed by atoms with E-state index in [4.69, 9.17) is 4.74 Å². The molecule has 114 valence electrons. The summed E-state index contributed by atoms with van der Waals surface area (Å²) in [5.41, 5.74) is 2.30. The molecule has 0 spiro atoms. The number of rotatable bonds is 4. The predicted molar refractivity (Wildman–Crippen MR) is 80.2 cm³/mol. The summed E-state index contributed by atoms with van der Waals surface area (Å²) < 4.78 is 5.47. The van der Waals surface area contributed by atoms with Crippen molar-refractivity contribution in [2.75, 3.05) is 13.2 Å². The molecule has 1 atom stereocenters. The first-order chi connectivity index (χ1) is 10.1. The lowest BCUT2D eigenvalue weighted by Gasteiger charge is -2.15. The average molecular weight is 290 g/mol. The van der Waals surface area contributed by atoms with E-state index in [0.717, 1.165) is 18.4 Å². The van der Waals surface area contributed by atoms with Gasteiger partial charge in [-0.15, -0.1) is 0 Å². The normalized spacial score (nSPS) is 18.6. The van der Waals surface area contributed by atoms with Crippen molar-refractivity contribution in [3.8, 4) is 5.75 Å². The maximum Gasteiger partial charge on any atom is 0.258 e. The first-order valence-corrected chi connectivity index (χ1v) is 7.33. The van der Waals surface area contributed by atoms with Crippen LogP contribution in [-0.2, 0) is 9.59 Å². The summed E-state index contributed by atoms with van der Waals surface area (Å²) in [7, 11) is 0. The van der Waals surface area contributed by atoms with E-state index in [-0.39, 0.29) is 18.4 Å². The van der Waals surface area contributed by atoms with E-state index < -0.39 is 6.04 Å². The number of aryl methyl sites for hydroxylation is 2. The second-order valence-electron chi connectivity index (χ2n) is 5.44. The maximum absolute atomic E-state index is 11.9. The van der Waals surface area contributed by atoms with Gasteiger partial charge < -0.3 is 15.4 Å². The molecule has 1 saturated heterocycles. The van der Waals surface area contributed by atoms with Gasteiger partial charge in [-0.3, -0.25) is 9.59 Å². The number of nitrogens with one attached hydrogen (secondary N) is 2. The Hall–Kier alpha value is -2.04. The zero-order chi connectivity index (χ0) is 15.2. The van der Waals surface area contributed by atoms with Crippen molar-refractivity contribution < 1.29 is 14.3 Å². The lowest BCUT2D eigenvalue weighted by molar-refractivity contribution is -0.129. The topological polar surface area (TPSA) is 67.4 Å². The fraction of sp³-hybridized carbons (Fsp3) is 0.500. The summed E-state index contributed by atoms with van der Waals surface area (Å²) in [4.78, 5) is 23.6. The van der Waals surface area contributed by atoms with E-state index in [1.165, 1.54) is 5.56 Å². The minimum atomic E-state index is -0.441. The molecule has 1 heterocycles. The van der Waals surface area contributed by atoms with Crippen LogP contribution < -0.4 is 15.4 Å². The number of hydrogen-bond donors (Lipinski definition) is 2. The van der Waals surface area contributed by atoms with Gasteiger partial charge in [-0.2, -0.15) is 0 Å². The van der Waals surface area contributed by atoms with Crippen LogP contribution in [0.15, 0.2) is 18.2 Å². The van der Waals surface area contributed by atoms with Crippen molar-refractivity contribution in [2.45, 2.75) is 39.2 Å². The van der Waals surface area contributed by atoms with Gasteiger partial charge in [-0.25, -0.2) is 0 Å². The Balaban J connectivity index is 1.83. The third-order valence-electron chi connectivity index (χ3n) is 3.72. The van der Waals surface area contributed by atoms with Crippen LogP contribution in [0.5, 0.6) is 5.75 Å². The van der Waals surface area contributed by atoms with E-state index in [2.05, 4.69) is 10.6 Å². The fourth-order valence-corrected chi connectivity index (χ4v) is 2.27. The van der Waals surface area contributed by atoms with Crippen molar-refractivity contribution in [1.82, 2.24) is 10.6 Å². The van der Waals surface area contributed by atoms with E-state index in [1.807, 2.05) is 32.0 Å². The Bertz CT molecular complexity index is 528. The Morgan fingerprint density at radius 2 is 2.14 bits per heavy atom. The van der Waals surface area contributed by atoms with Gasteiger partial charge in [0.2, 0.25) is 5.91 Å². The summed E-state index contributed by atoms with van der Waals surface area (Å²) in [6.07, 6.45) is 2.57. The highest BCUT2D eigenvalue weighted by Crippen LogP contribution is 2.16. The Morgan fingerprint density at radius 3 is 2.90 bits per heavy atom. The van der Waals surface area contributed by atoms with Gasteiger partial charge in [0.15, 0.2) is 6.61 Å². The molecule has 0 radical (unpaired) electrons. The largest absolute Gasteiger partial charge is 0.484 e. The van der Waals surface area contributed by atoms with Crippen molar-refractivity contribution in [2.24, 2.45) is 0 Å². The monoisotopic (exact) mass is 290 g/mol. The molecule has 1 aromatic carbocycles. The van der Waals surface area contributed by atoms with Gasteiger partial charge in [0, 0.05) is 6.54 Å². The number of benzene rings is 1. The second-order valence-corrected chi connectivity index (χ2v) is 5.44.